The molecule has 1 fully saturated rings. The molecule has 51 valence electrons. The van der Waals surface area contributed by atoms with Crippen molar-refractivity contribution in [3.05, 3.63) is 6.42 Å². The summed E-state index contributed by atoms with van der Waals surface area (Å²) in [4.78, 5) is 10.8. The predicted octanol–water partition coefficient (Wildman–Crippen LogP) is 1.97. The Morgan fingerprint density at radius 2 is 2.00 bits per heavy atom. The van der Waals surface area contributed by atoms with Crippen LogP contribution in [0.4, 0.5) is 0 Å². The van der Waals surface area contributed by atoms with E-state index in [9.17, 15) is 4.79 Å². The highest BCUT2D eigenvalue weighted by molar-refractivity contribution is 5.78. The lowest BCUT2D eigenvalue weighted by Gasteiger charge is -2.17. The van der Waals surface area contributed by atoms with E-state index < -0.39 is 0 Å². The van der Waals surface area contributed by atoms with Crippen molar-refractivity contribution in [3.63, 3.8) is 0 Å². The van der Waals surface area contributed by atoms with Crippen LogP contribution in [0.3, 0.4) is 0 Å². The standard InChI is InChI=1S/C8H13O/c1-7(9)8-5-3-2-4-6-8/h2,8H,3-6H2,1H3. The van der Waals surface area contributed by atoms with E-state index in [2.05, 4.69) is 6.42 Å². The molecule has 1 saturated carbocycles. The van der Waals surface area contributed by atoms with Crippen LogP contribution in [0.1, 0.15) is 32.6 Å². The third-order valence-electron chi connectivity index (χ3n) is 2.01. The summed E-state index contributed by atoms with van der Waals surface area (Å²) in [5.74, 6) is 0.762. The first-order valence-electron chi connectivity index (χ1n) is 3.63. The molecule has 0 saturated heterocycles. The molecule has 1 aliphatic rings. The maximum absolute atomic E-state index is 10.8. The molecule has 0 bridgehead atoms. The minimum Gasteiger partial charge on any atom is -0.300 e. The maximum atomic E-state index is 10.8. The molecule has 0 amide bonds. The highest BCUT2D eigenvalue weighted by atomic mass is 16.1. The van der Waals surface area contributed by atoms with Gasteiger partial charge in [-0.15, -0.1) is 0 Å². The number of rotatable bonds is 1. The Labute approximate surface area is 56.4 Å². The molecular weight excluding hydrogens is 112 g/mol. The van der Waals surface area contributed by atoms with Crippen LogP contribution in [0.2, 0.25) is 0 Å². The molecule has 0 aromatic carbocycles. The summed E-state index contributed by atoms with van der Waals surface area (Å²) in [6.07, 6.45) is 6.75. The fraction of sp³-hybridized carbons (Fsp3) is 0.750. The van der Waals surface area contributed by atoms with Crippen LogP contribution in [0.15, 0.2) is 0 Å². The highest BCUT2D eigenvalue weighted by Gasteiger charge is 2.16. The lowest BCUT2D eigenvalue weighted by Crippen LogP contribution is -2.14. The normalized spacial score (nSPS) is 21.9. The Hall–Kier alpha value is -0.330. The van der Waals surface area contributed by atoms with Crippen LogP contribution in [0.25, 0.3) is 0 Å². The zero-order valence-corrected chi connectivity index (χ0v) is 5.89. The zero-order chi connectivity index (χ0) is 6.69. The van der Waals surface area contributed by atoms with Crippen LogP contribution in [0.5, 0.6) is 0 Å². The second-order valence-electron chi connectivity index (χ2n) is 2.75. The van der Waals surface area contributed by atoms with Gasteiger partial charge in [0.25, 0.3) is 0 Å². The van der Waals surface area contributed by atoms with Gasteiger partial charge in [0, 0.05) is 5.92 Å². The molecule has 9 heavy (non-hydrogen) atoms. The van der Waals surface area contributed by atoms with Gasteiger partial charge in [-0.05, 0) is 39.0 Å². The quantitative estimate of drug-likeness (QED) is 0.523. The fourth-order valence-corrected chi connectivity index (χ4v) is 1.33. The molecular formula is C8H13O. The Bertz CT molecular complexity index is 101. The van der Waals surface area contributed by atoms with Crippen LogP contribution in [-0.2, 0) is 4.79 Å². The van der Waals surface area contributed by atoms with E-state index in [1.807, 2.05) is 0 Å². The summed E-state index contributed by atoms with van der Waals surface area (Å²) in [6, 6.07) is 0. The number of ketones is 1. The third kappa shape index (κ3) is 1.81. The van der Waals surface area contributed by atoms with Crippen molar-refractivity contribution in [1.82, 2.24) is 0 Å². The maximum Gasteiger partial charge on any atom is 0.132 e. The molecule has 0 spiro atoms. The summed E-state index contributed by atoms with van der Waals surface area (Å²) in [7, 11) is 0. The monoisotopic (exact) mass is 125 g/mol. The second-order valence-corrected chi connectivity index (χ2v) is 2.75. The van der Waals surface area contributed by atoms with E-state index in [1.54, 1.807) is 6.92 Å². The van der Waals surface area contributed by atoms with Crippen molar-refractivity contribution in [2.24, 2.45) is 5.92 Å². The predicted molar refractivity (Wildman–Crippen MR) is 36.9 cm³/mol. The van der Waals surface area contributed by atoms with Crippen LogP contribution < -0.4 is 0 Å². The van der Waals surface area contributed by atoms with Gasteiger partial charge in [-0.25, -0.2) is 0 Å². The molecule has 0 aromatic heterocycles. The van der Waals surface area contributed by atoms with Gasteiger partial charge >= 0.3 is 0 Å². The average Bonchev–Trinajstić information content (AvgIpc) is 1.90. The Kier molecular flexibility index (Phi) is 2.26. The lowest BCUT2D eigenvalue weighted by molar-refractivity contribution is -0.121. The molecule has 1 radical (unpaired) electrons. The molecule has 0 heterocycles. The first-order valence-corrected chi connectivity index (χ1v) is 3.63. The van der Waals surface area contributed by atoms with Crippen LogP contribution in [0, 0.1) is 12.3 Å². The minimum atomic E-state index is 0.378. The van der Waals surface area contributed by atoms with E-state index >= 15 is 0 Å². The fourth-order valence-electron chi connectivity index (χ4n) is 1.33. The Morgan fingerprint density at radius 1 is 1.44 bits per heavy atom. The van der Waals surface area contributed by atoms with Crippen molar-refractivity contribution >= 4 is 5.78 Å². The number of carbonyl (C=O) groups excluding carboxylic acids is 1. The molecule has 1 nitrogen and oxygen atoms in total. The summed E-state index contributed by atoms with van der Waals surface area (Å²) < 4.78 is 0. The topological polar surface area (TPSA) is 17.1 Å². The van der Waals surface area contributed by atoms with E-state index in [-0.39, 0.29) is 0 Å². The summed E-state index contributed by atoms with van der Waals surface area (Å²) >= 11 is 0. The molecule has 1 rings (SSSR count). The molecule has 0 unspecified atom stereocenters. The van der Waals surface area contributed by atoms with Gasteiger partial charge in [0.1, 0.15) is 5.78 Å². The largest absolute Gasteiger partial charge is 0.300 e. The smallest absolute Gasteiger partial charge is 0.132 e. The number of hydrogen-bond donors (Lipinski definition) is 0. The molecule has 0 aromatic rings. The van der Waals surface area contributed by atoms with Gasteiger partial charge < -0.3 is 0 Å². The summed E-state index contributed by atoms with van der Waals surface area (Å²) in [5, 5.41) is 0. The Morgan fingerprint density at radius 3 is 2.33 bits per heavy atom. The van der Waals surface area contributed by atoms with Gasteiger partial charge in [0.15, 0.2) is 0 Å². The van der Waals surface area contributed by atoms with E-state index in [4.69, 9.17) is 0 Å². The van der Waals surface area contributed by atoms with Gasteiger partial charge in [0.2, 0.25) is 0 Å². The van der Waals surface area contributed by atoms with Crippen molar-refractivity contribution in [2.75, 3.05) is 0 Å². The Balaban J connectivity index is 2.31. The van der Waals surface area contributed by atoms with Gasteiger partial charge in [-0.2, -0.15) is 0 Å². The number of Topliss-reactive ketones (excluding diaryl/α,β-unsaturated/α-hetero) is 1. The average molecular weight is 125 g/mol. The summed E-state index contributed by atoms with van der Waals surface area (Å²) in [5.41, 5.74) is 0. The molecule has 1 heteroatoms. The number of hydrogen-bond acceptors (Lipinski definition) is 1. The van der Waals surface area contributed by atoms with Gasteiger partial charge in [-0.1, -0.05) is 0 Å². The van der Waals surface area contributed by atoms with E-state index in [0.717, 1.165) is 25.7 Å². The second kappa shape index (κ2) is 3.00. The van der Waals surface area contributed by atoms with E-state index in [0.29, 0.717) is 11.7 Å². The molecule has 1 aliphatic carbocycles. The minimum absolute atomic E-state index is 0.378. The van der Waals surface area contributed by atoms with Crippen molar-refractivity contribution in [3.8, 4) is 0 Å². The van der Waals surface area contributed by atoms with Gasteiger partial charge in [-0.3, -0.25) is 4.79 Å². The summed E-state index contributed by atoms with van der Waals surface area (Å²) in [6.45, 7) is 1.70. The van der Waals surface area contributed by atoms with Crippen molar-refractivity contribution < 1.29 is 4.79 Å². The number of carbonyl (C=O) groups is 1. The van der Waals surface area contributed by atoms with Crippen molar-refractivity contribution in [2.45, 2.75) is 32.6 Å². The zero-order valence-electron chi connectivity index (χ0n) is 5.89. The molecule has 0 N–H and O–H groups in total. The first-order chi connectivity index (χ1) is 4.30. The van der Waals surface area contributed by atoms with Crippen LogP contribution >= 0.6 is 0 Å². The van der Waals surface area contributed by atoms with Crippen molar-refractivity contribution in [1.29, 1.82) is 0 Å². The molecule has 0 atom stereocenters. The third-order valence-corrected chi connectivity index (χ3v) is 2.01. The van der Waals surface area contributed by atoms with E-state index in [1.165, 1.54) is 0 Å². The lowest BCUT2D eigenvalue weighted by atomic mass is 9.87. The molecule has 0 aliphatic heterocycles. The SMILES string of the molecule is CC(=O)C1CC[CH]CC1. The first kappa shape index (κ1) is 6.79. The van der Waals surface area contributed by atoms with Crippen LogP contribution in [-0.4, -0.2) is 5.78 Å². The highest BCUT2D eigenvalue weighted by Crippen LogP contribution is 2.22. The van der Waals surface area contributed by atoms with Gasteiger partial charge in [0.05, 0.1) is 0 Å².